The fourth-order valence-corrected chi connectivity index (χ4v) is 4.24. The highest BCUT2D eigenvalue weighted by Crippen LogP contribution is 2.40. The SMILES string of the molecule is Cl.O=C(CCC1CCNCC1)N1CCCCC1c1ccccc1C(F)(F)F. The first-order chi connectivity index (χ1) is 12.5. The zero-order valence-corrected chi connectivity index (χ0v) is 16.2. The van der Waals surface area contributed by atoms with E-state index < -0.39 is 17.8 Å². The standard InChI is InChI=1S/C20H27F3N2O.ClH/c21-20(22,23)17-6-2-1-5-16(17)18-7-3-4-14-25(18)19(26)9-8-15-10-12-24-13-11-15;/h1-2,5-6,15,18,24H,3-4,7-14H2;1H. The molecule has 1 aromatic rings. The Morgan fingerprint density at radius 1 is 1.11 bits per heavy atom. The molecule has 1 aromatic carbocycles. The number of nitrogens with one attached hydrogen (secondary N) is 1. The number of halogens is 4. The van der Waals surface area contributed by atoms with Gasteiger partial charge in [0.25, 0.3) is 0 Å². The predicted molar refractivity (Wildman–Crippen MR) is 102 cm³/mol. The summed E-state index contributed by atoms with van der Waals surface area (Å²) in [5.41, 5.74) is -0.363. The molecular formula is C20H28ClF3N2O. The minimum atomic E-state index is -4.39. The molecule has 0 aliphatic carbocycles. The van der Waals surface area contributed by atoms with E-state index in [0.717, 1.165) is 51.3 Å². The largest absolute Gasteiger partial charge is 0.416 e. The summed E-state index contributed by atoms with van der Waals surface area (Å²) in [6.45, 7) is 2.54. The highest BCUT2D eigenvalue weighted by Gasteiger charge is 2.38. The molecule has 27 heavy (non-hydrogen) atoms. The molecule has 2 fully saturated rings. The van der Waals surface area contributed by atoms with Crippen LogP contribution in [0.3, 0.4) is 0 Å². The lowest BCUT2D eigenvalue weighted by Crippen LogP contribution is -2.39. The summed E-state index contributed by atoms with van der Waals surface area (Å²) in [7, 11) is 0. The van der Waals surface area contributed by atoms with Crippen molar-refractivity contribution in [3.63, 3.8) is 0 Å². The van der Waals surface area contributed by atoms with Crippen molar-refractivity contribution in [3.05, 3.63) is 35.4 Å². The molecule has 152 valence electrons. The van der Waals surface area contributed by atoms with Crippen LogP contribution >= 0.6 is 12.4 Å². The molecule has 0 aromatic heterocycles. The minimum Gasteiger partial charge on any atom is -0.336 e. The summed E-state index contributed by atoms with van der Waals surface area (Å²) in [4.78, 5) is 14.5. The Labute approximate surface area is 165 Å². The Morgan fingerprint density at radius 3 is 2.52 bits per heavy atom. The molecule has 2 saturated heterocycles. The zero-order chi connectivity index (χ0) is 18.6. The van der Waals surface area contributed by atoms with E-state index in [1.807, 2.05) is 0 Å². The van der Waals surface area contributed by atoms with Crippen LogP contribution in [0, 0.1) is 5.92 Å². The van der Waals surface area contributed by atoms with Crippen LogP contribution in [0.15, 0.2) is 24.3 Å². The van der Waals surface area contributed by atoms with Crippen molar-refractivity contribution in [2.45, 2.75) is 57.2 Å². The van der Waals surface area contributed by atoms with Crippen molar-refractivity contribution in [1.29, 1.82) is 0 Å². The number of nitrogens with zero attached hydrogens (tertiary/aromatic N) is 1. The highest BCUT2D eigenvalue weighted by molar-refractivity contribution is 5.85. The lowest BCUT2D eigenvalue weighted by Gasteiger charge is -2.37. The Bertz CT molecular complexity index is 617. The van der Waals surface area contributed by atoms with E-state index >= 15 is 0 Å². The lowest BCUT2D eigenvalue weighted by atomic mass is 9.90. The molecule has 7 heteroatoms. The molecule has 1 amide bonds. The average molecular weight is 405 g/mol. The van der Waals surface area contributed by atoms with Gasteiger partial charge in [0, 0.05) is 13.0 Å². The smallest absolute Gasteiger partial charge is 0.336 e. The fourth-order valence-electron chi connectivity index (χ4n) is 4.24. The predicted octanol–water partition coefficient (Wildman–Crippen LogP) is 4.96. The molecule has 2 heterocycles. The normalized spacial score (nSPS) is 21.6. The number of benzene rings is 1. The van der Waals surface area contributed by atoms with Gasteiger partial charge in [0.15, 0.2) is 0 Å². The second-order valence-corrected chi connectivity index (χ2v) is 7.42. The van der Waals surface area contributed by atoms with Crippen molar-refractivity contribution in [1.82, 2.24) is 10.2 Å². The summed E-state index contributed by atoms with van der Waals surface area (Å²) < 4.78 is 40.2. The molecule has 1 atom stereocenters. The van der Waals surface area contributed by atoms with Crippen LogP contribution in [0.25, 0.3) is 0 Å². The maximum Gasteiger partial charge on any atom is 0.416 e. The van der Waals surface area contributed by atoms with E-state index in [9.17, 15) is 18.0 Å². The Balaban J connectivity index is 0.00000261. The second-order valence-electron chi connectivity index (χ2n) is 7.42. The van der Waals surface area contributed by atoms with Gasteiger partial charge in [-0.15, -0.1) is 12.4 Å². The van der Waals surface area contributed by atoms with Crippen LogP contribution in [-0.2, 0) is 11.0 Å². The van der Waals surface area contributed by atoms with E-state index in [4.69, 9.17) is 0 Å². The van der Waals surface area contributed by atoms with E-state index in [1.54, 1.807) is 11.0 Å². The van der Waals surface area contributed by atoms with Crippen LogP contribution in [-0.4, -0.2) is 30.4 Å². The lowest BCUT2D eigenvalue weighted by molar-refractivity contribution is -0.142. The maximum absolute atomic E-state index is 13.4. The van der Waals surface area contributed by atoms with Crippen molar-refractivity contribution < 1.29 is 18.0 Å². The van der Waals surface area contributed by atoms with Gasteiger partial charge in [-0.05, 0) is 69.2 Å². The Kier molecular flexibility index (Phi) is 7.98. The van der Waals surface area contributed by atoms with Gasteiger partial charge in [-0.1, -0.05) is 18.2 Å². The van der Waals surface area contributed by atoms with Crippen LogP contribution in [0.5, 0.6) is 0 Å². The third-order valence-electron chi connectivity index (χ3n) is 5.67. The zero-order valence-electron chi connectivity index (χ0n) is 15.4. The van der Waals surface area contributed by atoms with E-state index in [0.29, 0.717) is 25.3 Å². The quantitative estimate of drug-likeness (QED) is 0.769. The van der Waals surface area contributed by atoms with Gasteiger partial charge in [0.1, 0.15) is 0 Å². The van der Waals surface area contributed by atoms with Gasteiger partial charge in [0.05, 0.1) is 11.6 Å². The Hall–Kier alpha value is -1.27. The first-order valence-corrected chi connectivity index (χ1v) is 9.63. The van der Waals surface area contributed by atoms with Crippen LogP contribution in [0.2, 0.25) is 0 Å². The molecule has 1 unspecified atom stereocenters. The number of rotatable bonds is 4. The summed E-state index contributed by atoms with van der Waals surface area (Å²) in [5.74, 6) is 0.552. The summed E-state index contributed by atoms with van der Waals surface area (Å²) in [6.07, 6.45) is 1.37. The van der Waals surface area contributed by atoms with Gasteiger partial charge in [-0.2, -0.15) is 13.2 Å². The van der Waals surface area contributed by atoms with Crippen LogP contribution < -0.4 is 5.32 Å². The summed E-state index contributed by atoms with van der Waals surface area (Å²) in [5, 5.41) is 3.31. The van der Waals surface area contributed by atoms with Gasteiger partial charge in [-0.3, -0.25) is 4.79 Å². The van der Waals surface area contributed by atoms with Crippen molar-refractivity contribution >= 4 is 18.3 Å². The van der Waals surface area contributed by atoms with E-state index in [2.05, 4.69) is 5.32 Å². The van der Waals surface area contributed by atoms with Crippen molar-refractivity contribution in [2.24, 2.45) is 5.92 Å². The number of likely N-dealkylation sites (tertiary alicyclic amines) is 1. The third-order valence-corrected chi connectivity index (χ3v) is 5.67. The molecule has 3 rings (SSSR count). The molecule has 0 spiro atoms. The number of hydrogen-bond acceptors (Lipinski definition) is 2. The Morgan fingerprint density at radius 2 is 1.81 bits per heavy atom. The molecule has 3 nitrogen and oxygen atoms in total. The number of piperidine rings is 2. The highest BCUT2D eigenvalue weighted by atomic mass is 35.5. The molecule has 0 radical (unpaired) electrons. The number of hydrogen-bond donors (Lipinski definition) is 1. The van der Waals surface area contributed by atoms with Gasteiger partial charge in [0.2, 0.25) is 5.91 Å². The molecule has 0 saturated carbocycles. The first-order valence-electron chi connectivity index (χ1n) is 9.63. The number of amides is 1. The number of carbonyl (C=O) groups excluding carboxylic acids is 1. The topological polar surface area (TPSA) is 32.3 Å². The second kappa shape index (κ2) is 9.78. The van der Waals surface area contributed by atoms with Crippen LogP contribution in [0.4, 0.5) is 13.2 Å². The average Bonchev–Trinajstić information content (AvgIpc) is 2.66. The molecule has 2 aliphatic rings. The van der Waals surface area contributed by atoms with Crippen LogP contribution in [0.1, 0.15) is 62.1 Å². The summed E-state index contributed by atoms with van der Waals surface area (Å²) in [6, 6.07) is 5.25. The van der Waals surface area contributed by atoms with Crippen molar-refractivity contribution in [3.8, 4) is 0 Å². The third kappa shape index (κ3) is 5.61. The van der Waals surface area contributed by atoms with Gasteiger partial charge >= 0.3 is 6.18 Å². The molecule has 2 aliphatic heterocycles. The molecular weight excluding hydrogens is 377 g/mol. The monoisotopic (exact) mass is 404 g/mol. The van der Waals surface area contributed by atoms with E-state index in [-0.39, 0.29) is 23.9 Å². The number of alkyl halides is 3. The molecule has 1 N–H and O–H groups in total. The van der Waals surface area contributed by atoms with Gasteiger partial charge < -0.3 is 10.2 Å². The minimum absolute atomic E-state index is 0. The number of carbonyl (C=O) groups is 1. The van der Waals surface area contributed by atoms with Crippen molar-refractivity contribution in [2.75, 3.05) is 19.6 Å². The molecule has 0 bridgehead atoms. The van der Waals surface area contributed by atoms with E-state index in [1.165, 1.54) is 12.1 Å². The summed E-state index contributed by atoms with van der Waals surface area (Å²) >= 11 is 0. The maximum atomic E-state index is 13.4. The fraction of sp³-hybridized carbons (Fsp3) is 0.650. The van der Waals surface area contributed by atoms with Gasteiger partial charge in [-0.25, -0.2) is 0 Å². The first kappa shape index (κ1) is 22.0.